The van der Waals surface area contributed by atoms with Gasteiger partial charge in [0.15, 0.2) is 0 Å². The highest BCUT2D eigenvalue weighted by molar-refractivity contribution is 9.10. The number of hydrogen-bond acceptors (Lipinski definition) is 2. The maximum Gasteiger partial charge on any atom is 0.325 e. The first-order valence-electron chi connectivity index (χ1n) is 3.91. The van der Waals surface area contributed by atoms with E-state index in [2.05, 4.69) is 21.2 Å². The van der Waals surface area contributed by atoms with Gasteiger partial charge in [-0.1, -0.05) is 27.5 Å². The molecule has 0 amide bonds. The summed E-state index contributed by atoms with van der Waals surface area (Å²) in [6.45, 7) is 0. The van der Waals surface area contributed by atoms with Gasteiger partial charge in [-0.05, 0) is 30.8 Å². The van der Waals surface area contributed by atoms with Gasteiger partial charge in [0.1, 0.15) is 6.04 Å². The SMILES string of the molecule is CNC(C(=O)O)c1cc(Cl)ccc1Br. The first kappa shape index (κ1) is 11.5. The lowest BCUT2D eigenvalue weighted by Gasteiger charge is -2.13. The fourth-order valence-electron chi connectivity index (χ4n) is 1.15. The number of hydrogen-bond donors (Lipinski definition) is 2. The molecule has 3 nitrogen and oxygen atoms in total. The van der Waals surface area contributed by atoms with Crippen molar-refractivity contribution in [3.8, 4) is 0 Å². The Morgan fingerprint density at radius 3 is 2.79 bits per heavy atom. The molecule has 14 heavy (non-hydrogen) atoms. The number of nitrogens with one attached hydrogen (secondary N) is 1. The van der Waals surface area contributed by atoms with Gasteiger partial charge in [-0.2, -0.15) is 0 Å². The standard InChI is InChI=1S/C9H9BrClNO2/c1-12-8(9(13)14)6-4-5(11)2-3-7(6)10/h2-4,8,12H,1H3,(H,13,14). The number of aliphatic carboxylic acids is 1. The van der Waals surface area contributed by atoms with Crippen LogP contribution in [0.2, 0.25) is 5.02 Å². The largest absolute Gasteiger partial charge is 0.480 e. The predicted molar refractivity (Wildman–Crippen MR) is 58.6 cm³/mol. The van der Waals surface area contributed by atoms with Crippen molar-refractivity contribution in [3.63, 3.8) is 0 Å². The Balaban J connectivity index is 3.15. The summed E-state index contributed by atoms with van der Waals surface area (Å²) in [5.41, 5.74) is 0.618. The second-order valence-electron chi connectivity index (χ2n) is 2.73. The number of halogens is 2. The van der Waals surface area contributed by atoms with Crippen LogP contribution in [0.1, 0.15) is 11.6 Å². The molecule has 1 aromatic rings. The summed E-state index contributed by atoms with van der Waals surface area (Å²) in [6.07, 6.45) is 0. The van der Waals surface area contributed by atoms with E-state index in [-0.39, 0.29) is 0 Å². The minimum Gasteiger partial charge on any atom is -0.480 e. The van der Waals surface area contributed by atoms with Crippen molar-refractivity contribution >= 4 is 33.5 Å². The molecule has 5 heteroatoms. The molecule has 0 saturated heterocycles. The third kappa shape index (κ3) is 2.47. The van der Waals surface area contributed by atoms with Crippen LogP contribution in [0.25, 0.3) is 0 Å². The van der Waals surface area contributed by atoms with E-state index < -0.39 is 12.0 Å². The Labute approximate surface area is 95.2 Å². The molecular weight excluding hydrogens is 269 g/mol. The number of carboxylic acid groups (broad SMARTS) is 1. The van der Waals surface area contributed by atoms with Gasteiger partial charge in [0.2, 0.25) is 0 Å². The molecule has 0 bridgehead atoms. The van der Waals surface area contributed by atoms with Crippen molar-refractivity contribution in [1.29, 1.82) is 0 Å². The van der Waals surface area contributed by atoms with Crippen LogP contribution in [0, 0.1) is 0 Å². The molecule has 0 aromatic heterocycles. The van der Waals surface area contributed by atoms with Crippen molar-refractivity contribution in [1.82, 2.24) is 5.32 Å². The molecule has 0 aliphatic heterocycles. The number of carbonyl (C=O) groups is 1. The van der Waals surface area contributed by atoms with Crippen LogP contribution in [0.15, 0.2) is 22.7 Å². The molecule has 1 atom stereocenters. The number of carboxylic acids is 1. The highest BCUT2D eigenvalue weighted by Crippen LogP contribution is 2.26. The van der Waals surface area contributed by atoms with Gasteiger partial charge in [0, 0.05) is 9.50 Å². The molecule has 1 rings (SSSR count). The summed E-state index contributed by atoms with van der Waals surface area (Å²) >= 11 is 9.06. The van der Waals surface area contributed by atoms with E-state index in [1.165, 1.54) is 0 Å². The number of likely N-dealkylation sites (N-methyl/N-ethyl adjacent to an activating group) is 1. The average molecular weight is 279 g/mol. The number of benzene rings is 1. The van der Waals surface area contributed by atoms with Crippen LogP contribution in [0.4, 0.5) is 0 Å². The van der Waals surface area contributed by atoms with Gasteiger partial charge in [-0.25, -0.2) is 0 Å². The lowest BCUT2D eigenvalue weighted by atomic mass is 10.1. The third-order valence-electron chi connectivity index (χ3n) is 1.80. The van der Waals surface area contributed by atoms with Gasteiger partial charge in [0.25, 0.3) is 0 Å². The van der Waals surface area contributed by atoms with E-state index >= 15 is 0 Å². The summed E-state index contributed by atoms with van der Waals surface area (Å²) in [5.74, 6) is -0.935. The third-order valence-corrected chi connectivity index (χ3v) is 2.76. The van der Waals surface area contributed by atoms with Crippen molar-refractivity contribution < 1.29 is 9.90 Å². The van der Waals surface area contributed by atoms with Gasteiger partial charge in [0.05, 0.1) is 0 Å². The van der Waals surface area contributed by atoms with E-state index in [0.717, 1.165) is 4.47 Å². The fraction of sp³-hybridized carbons (Fsp3) is 0.222. The van der Waals surface area contributed by atoms with Gasteiger partial charge < -0.3 is 10.4 Å². The second-order valence-corrected chi connectivity index (χ2v) is 4.02. The number of rotatable bonds is 3. The predicted octanol–water partition coefficient (Wildman–Crippen LogP) is 2.45. The van der Waals surface area contributed by atoms with Crippen molar-refractivity contribution in [2.24, 2.45) is 0 Å². The average Bonchev–Trinajstić information content (AvgIpc) is 2.11. The summed E-state index contributed by atoms with van der Waals surface area (Å²) in [6, 6.07) is 4.30. The van der Waals surface area contributed by atoms with Gasteiger partial charge >= 0.3 is 5.97 Å². The Kier molecular flexibility index (Phi) is 3.92. The molecule has 0 spiro atoms. The van der Waals surface area contributed by atoms with Crippen molar-refractivity contribution in [2.75, 3.05) is 7.05 Å². The molecule has 0 aliphatic carbocycles. The Morgan fingerprint density at radius 1 is 1.64 bits per heavy atom. The van der Waals surface area contributed by atoms with Crippen LogP contribution >= 0.6 is 27.5 Å². The molecule has 0 heterocycles. The second kappa shape index (κ2) is 4.77. The fourth-order valence-corrected chi connectivity index (χ4v) is 1.80. The van der Waals surface area contributed by atoms with Crippen molar-refractivity contribution in [3.05, 3.63) is 33.3 Å². The topological polar surface area (TPSA) is 49.3 Å². The molecule has 1 unspecified atom stereocenters. The van der Waals surface area contributed by atoms with Gasteiger partial charge in [-0.15, -0.1) is 0 Å². The first-order chi connectivity index (χ1) is 6.56. The van der Waals surface area contributed by atoms with Crippen LogP contribution in [-0.2, 0) is 4.79 Å². The van der Waals surface area contributed by atoms with Crippen molar-refractivity contribution in [2.45, 2.75) is 6.04 Å². The summed E-state index contributed by atoms with van der Waals surface area (Å²) in [7, 11) is 1.59. The maximum atomic E-state index is 10.9. The Morgan fingerprint density at radius 2 is 2.29 bits per heavy atom. The monoisotopic (exact) mass is 277 g/mol. The van der Waals surface area contributed by atoms with E-state index in [0.29, 0.717) is 10.6 Å². The molecule has 0 fully saturated rings. The van der Waals surface area contributed by atoms with E-state index in [4.69, 9.17) is 16.7 Å². The van der Waals surface area contributed by atoms with Crippen LogP contribution < -0.4 is 5.32 Å². The first-order valence-corrected chi connectivity index (χ1v) is 5.08. The molecular formula is C9H9BrClNO2. The summed E-state index contributed by atoms with van der Waals surface area (Å²) in [4.78, 5) is 10.9. The van der Waals surface area contributed by atoms with Crippen LogP contribution in [-0.4, -0.2) is 18.1 Å². The zero-order valence-electron chi connectivity index (χ0n) is 7.42. The molecule has 0 aliphatic rings. The summed E-state index contributed by atoms with van der Waals surface area (Å²) < 4.78 is 0.726. The Bertz CT molecular complexity index is 357. The molecule has 2 N–H and O–H groups in total. The van der Waals surface area contributed by atoms with E-state index in [1.54, 1.807) is 25.2 Å². The minimum atomic E-state index is -0.935. The minimum absolute atomic E-state index is 0.518. The van der Waals surface area contributed by atoms with Crippen LogP contribution in [0.5, 0.6) is 0 Å². The normalized spacial score (nSPS) is 12.5. The quantitative estimate of drug-likeness (QED) is 0.893. The lowest BCUT2D eigenvalue weighted by molar-refractivity contribution is -0.139. The zero-order chi connectivity index (χ0) is 10.7. The smallest absolute Gasteiger partial charge is 0.325 e. The van der Waals surface area contributed by atoms with Gasteiger partial charge in [-0.3, -0.25) is 4.79 Å². The molecule has 1 aromatic carbocycles. The molecule has 0 radical (unpaired) electrons. The highest BCUT2D eigenvalue weighted by atomic mass is 79.9. The summed E-state index contributed by atoms with van der Waals surface area (Å²) in [5, 5.41) is 12.1. The zero-order valence-corrected chi connectivity index (χ0v) is 9.76. The maximum absolute atomic E-state index is 10.9. The molecule has 0 saturated carbocycles. The highest BCUT2D eigenvalue weighted by Gasteiger charge is 2.19. The Hall–Kier alpha value is -0.580. The van der Waals surface area contributed by atoms with Crippen LogP contribution in [0.3, 0.4) is 0 Å². The van der Waals surface area contributed by atoms with E-state index in [1.807, 2.05) is 0 Å². The molecule has 76 valence electrons. The lowest BCUT2D eigenvalue weighted by Crippen LogP contribution is -2.25. The van der Waals surface area contributed by atoms with E-state index in [9.17, 15) is 4.79 Å².